The number of hydrogen-bond donors (Lipinski definition) is 1. The fraction of sp³-hybridized carbons (Fsp3) is 0.111. The molecule has 0 heterocycles. The Morgan fingerprint density at radius 3 is 2.33 bits per heavy atom. The maximum absolute atomic E-state index is 6.48. The maximum atomic E-state index is 6.48. The Balaban J connectivity index is 2.18. The first-order chi connectivity index (χ1) is 10.1. The molecule has 0 radical (unpaired) electrons. The van der Waals surface area contributed by atoms with E-state index in [1.165, 1.54) is 0 Å². The Bertz CT molecular complexity index is 813. The van der Waals surface area contributed by atoms with E-state index in [0.717, 1.165) is 37.0 Å². The molecule has 2 N–H and O–H groups in total. The van der Waals surface area contributed by atoms with Crippen molar-refractivity contribution in [3.05, 3.63) is 80.8 Å². The van der Waals surface area contributed by atoms with Crippen LogP contribution in [0.5, 0.6) is 0 Å². The lowest BCUT2D eigenvalue weighted by Gasteiger charge is -2.17. The van der Waals surface area contributed by atoms with Gasteiger partial charge in [0.15, 0.2) is 0 Å². The molecular formula is C18H15BrClN. The van der Waals surface area contributed by atoms with Gasteiger partial charge in [0.05, 0.1) is 6.04 Å². The van der Waals surface area contributed by atoms with Crippen LogP contribution in [-0.4, -0.2) is 0 Å². The van der Waals surface area contributed by atoms with E-state index in [1.54, 1.807) is 0 Å². The van der Waals surface area contributed by atoms with Crippen LogP contribution in [0.15, 0.2) is 59.1 Å². The molecule has 0 saturated heterocycles. The number of halogens is 2. The molecule has 0 aromatic heterocycles. The highest BCUT2D eigenvalue weighted by Crippen LogP contribution is 2.34. The Hall–Kier alpha value is -1.35. The molecule has 1 unspecified atom stereocenters. The van der Waals surface area contributed by atoms with Crippen molar-refractivity contribution in [3.63, 3.8) is 0 Å². The summed E-state index contributed by atoms with van der Waals surface area (Å²) in [5, 5.41) is 3.03. The number of hydrogen-bond acceptors (Lipinski definition) is 1. The molecule has 0 saturated carbocycles. The molecule has 0 aliphatic heterocycles. The van der Waals surface area contributed by atoms with Gasteiger partial charge >= 0.3 is 0 Å². The SMILES string of the molecule is Cc1ccc(C(N)c2ccc(Br)c3ccccc23)c(Cl)c1. The van der Waals surface area contributed by atoms with Gasteiger partial charge in [0.1, 0.15) is 0 Å². The van der Waals surface area contributed by atoms with Crippen molar-refractivity contribution in [2.75, 3.05) is 0 Å². The third-order valence-electron chi connectivity index (χ3n) is 3.73. The van der Waals surface area contributed by atoms with Crippen LogP contribution >= 0.6 is 27.5 Å². The van der Waals surface area contributed by atoms with E-state index >= 15 is 0 Å². The lowest BCUT2D eigenvalue weighted by Crippen LogP contribution is -2.13. The van der Waals surface area contributed by atoms with Crippen molar-refractivity contribution in [1.82, 2.24) is 0 Å². The fourth-order valence-corrected chi connectivity index (χ4v) is 3.44. The fourth-order valence-electron chi connectivity index (χ4n) is 2.61. The molecule has 1 atom stereocenters. The van der Waals surface area contributed by atoms with Gasteiger partial charge in [0.25, 0.3) is 0 Å². The summed E-state index contributed by atoms with van der Waals surface area (Å²) in [5.41, 5.74) is 9.66. The van der Waals surface area contributed by atoms with Gasteiger partial charge in [0.2, 0.25) is 0 Å². The van der Waals surface area contributed by atoms with Crippen molar-refractivity contribution < 1.29 is 0 Å². The quantitative estimate of drug-likeness (QED) is 0.631. The topological polar surface area (TPSA) is 26.0 Å². The average molecular weight is 361 g/mol. The summed E-state index contributed by atoms with van der Waals surface area (Å²) < 4.78 is 1.07. The van der Waals surface area contributed by atoms with Gasteiger partial charge in [-0.25, -0.2) is 0 Å². The van der Waals surface area contributed by atoms with E-state index < -0.39 is 0 Å². The zero-order valence-electron chi connectivity index (χ0n) is 11.6. The smallest absolute Gasteiger partial charge is 0.0572 e. The summed E-state index contributed by atoms with van der Waals surface area (Å²) in [6, 6.07) is 18.1. The third-order valence-corrected chi connectivity index (χ3v) is 4.75. The molecule has 0 spiro atoms. The zero-order valence-corrected chi connectivity index (χ0v) is 13.9. The molecule has 106 valence electrons. The molecule has 3 rings (SSSR count). The summed E-state index contributed by atoms with van der Waals surface area (Å²) in [6.07, 6.45) is 0. The first-order valence-corrected chi connectivity index (χ1v) is 7.94. The number of rotatable bonds is 2. The number of nitrogens with two attached hydrogens (primary N) is 1. The van der Waals surface area contributed by atoms with Gasteiger partial charge in [-0.15, -0.1) is 0 Å². The lowest BCUT2D eigenvalue weighted by molar-refractivity contribution is 0.880. The Labute approximate surface area is 137 Å². The third kappa shape index (κ3) is 2.71. The van der Waals surface area contributed by atoms with E-state index in [2.05, 4.69) is 34.1 Å². The standard InChI is InChI=1S/C18H15BrClN/c1-11-6-7-15(17(20)10-11)18(21)14-8-9-16(19)13-5-3-2-4-12(13)14/h2-10,18H,21H2,1H3. The number of aryl methyl sites for hydroxylation is 1. The van der Waals surface area contributed by atoms with Crippen molar-refractivity contribution in [2.45, 2.75) is 13.0 Å². The molecule has 0 aliphatic carbocycles. The molecule has 0 aliphatic rings. The van der Waals surface area contributed by atoms with Crippen molar-refractivity contribution in [2.24, 2.45) is 5.73 Å². The molecule has 3 aromatic rings. The molecule has 0 fully saturated rings. The van der Waals surface area contributed by atoms with Gasteiger partial charge < -0.3 is 5.73 Å². The van der Waals surface area contributed by atoms with E-state index in [0.29, 0.717) is 0 Å². The normalized spacial score (nSPS) is 12.6. The molecule has 1 nitrogen and oxygen atoms in total. The highest BCUT2D eigenvalue weighted by atomic mass is 79.9. The monoisotopic (exact) mass is 359 g/mol. The lowest BCUT2D eigenvalue weighted by atomic mass is 9.94. The second-order valence-corrected chi connectivity index (χ2v) is 6.45. The predicted octanol–water partition coefficient (Wildman–Crippen LogP) is 5.61. The van der Waals surface area contributed by atoms with Crippen molar-refractivity contribution in [1.29, 1.82) is 0 Å². The number of fused-ring (bicyclic) bond motifs is 1. The largest absolute Gasteiger partial charge is 0.320 e. The zero-order chi connectivity index (χ0) is 15.0. The van der Waals surface area contributed by atoms with Crippen molar-refractivity contribution in [3.8, 4) is 0 Å². The highest BCUT2D eigenvalue weighted by Gasteiger charge is 2.16. The Kier molecular flexibility index (Phi) is 4.03. The maximum Gasteiger partial charge on any atom is 0.0572 e. The first kappa shape index (κ1) is 14.6. The van der Waals surface area contributed by atoms with E-state index in [4.69, 9.17) is 17.3 Å². The minimum atomic E-state index is -0.240. The van der Waals surface area contributed by atoms with Gasteiger partial charge in [-0.1, -0.05) is 70.0 Å². The van der Waals surface area contributed by atoms with Crippen LogP contribution in [0.4, 0.5) is 0 Å². The van der Waals surface area contributed by atoms with Crippen LogP contribution in [0.1, 0.15) is 22.7 Å². The summed E-state index contributed by atoms with van der Waals surface area (Å²) in [6.45, 7) is 2.02. The summed E-state index contributed by atoms with van der Waals surface area (Å²) >= 11 is 9.96. The molecular weight excluding hydrogens is 346 g/mol. The highest BCUT2D eigenvalue weighted by molar-refractivity contribution is 9.10. The van der Waals surface area contributed by atoms with Crippen LogP contribution in [0.2, 0.25) is 5.02 Å². The molecule has 0 amide bonds. The molecule has 0 bridgehead atoms. The van der Waals surface area contributed by atoms with E-state index in [9.17, 15) is 0 Å². The Morgan fingerprint density at radius 2 is 1.62 bits per heavy atom. The van der Waals surface area contributed by atoms with E-state index in [1.807, 2.05) is 43.3 Å². The summed E-state index contributed by atoms with van der Waals surface area (Å²) in [7, 11) is 0. The average Bonchev–Trinajstić information content (AvgIpc) is 2.47. The van der Waals surface area contributed by atoms with Gasteiger partial charge in [-0.05, 0) is 46.5 Å². The molecule has 3 heteroatoms. The molecule has 21 heavy (non-hydrogen) atoms. The van der Waals surface area contributed by atoms with Crippen LogP contribution in [0.3, 0.4) is 0 Å². The summed E-state index contributed by atoms with van der Waals surface area (Å²) in [4.78, 5) is 0. The second-order valence-electron chi connectivity index (χ2n) is 5.18. The van der Waals surface area contributed by atoms with Gasteiger partial charge in [-0.3, -0.25) is 0 Å². The molecule has 3 aromatic carbocycles. The van der Waals surface area contributed by atoms with Crippen LogP contribution in [0.25, 0.3) is 10.8 Å². The van der Waals surface area contributed by atoms with Crippen LogP contribution < -0.4 is 5.73 Å². The van der Waals surface area contributed by atoms with Gasteiger partial charge in [-0.2, -0.15) is 0 Å². The minimum Gasteiger partial charge on any atom is -0.320 e. The Morgan fingerprint density at radius 1 is 0.952 bits per heavy atom. The second kappa shape index (κ2) is 5.80. The predicted molar refractivity (Wildman–Crippen MR) is 93.9 cm³/mol. The van der Waals surface area contributed by atoms with Gasteiger partial charge in [0, 0.05) is 9.50 Å². The minimum absolute atomic E-state index is 0.240. The number of benzene rings is 3. The van der Waals surface area contributed by atoms with E-state index in [-0.39, 0.29) is 6.04 Å². The van der Waals surface area contributed by atoms with Crippen LogP contribution in [-0.2, 0) is 0 Å². The van der Waals surface area contributed by atoms with Crippen LogP contribution in [0, 0.1) is 6.92 Å². The van der Waals surface area contributed by atoms with Crippen molar-refractivity contribution >= 4 is 38.3 Å². The first-order valence-electron chi connectivity index (χ1n) is 6.76. The summed E-state index contributed by atoms with van der Waals surface area (Å²) in [5.74, 6) is 0.